The summed E-state index contributed by atoms with van der Waals surface area (Å²) in [4.78, 5) is 25.0. The fraction of sp³-hybridized carbons (Fsp3) is 0.429. The molecule has 5 heteroatoms. The van der Waals surface area contributed by atoms with Crippen LogP contribution in [0.2, 0.25) is 0 Å². The largest absolute Gasteiger partial charge is 0.342 e. The summed E-state index contributed by atoms with van der Waals surface area (Å²) in [5.74, 6) is -0.143. The van der Waals surface area contributed by atoms with E-state index < -0.39 is 0 Å². The van der Waals surface area contributed by atoms with Crippen molar-refractivity contribution >= 4 is 17.5 Å². The third-order valence-corrected chi connectivity index (χ3v) is 2.74. The van der Waals surface area contributed by atoms with Crippen LogP contribution in [0.5, 0.6) is 0 Å². The topological polar surface area (TPSA) is 61.4 Å². The molecule has 0 aliphatic carbocycles. The molecule has 1 rings (SSSR count). The minimum atomic E-state index is -0.154. The molecule has 0 unspecified atom stereocenters. The van der Waals surface area contributed by atoms with Crippen LogP contribution in [0.25, 0.3) is 0 Å². The highest BCUT2D eigenvalue weighted by atomic mass is 16.2. The predicted molar refractivity (Wildman–Crippen MR) is 75.9 cm³/mol. The second kappa shape index (κ2) is 8.26. The molecule has 1 aromatic carbocycles. The number of nitrogens with zero attached hydrogens (tertiary/aromatic N) is 1. The Kier molecular flexibility index (Phi) is 6.60. The van der Waals surface area contributed by atoms with Crippen molar-refractivity contribution in [2.24, 2.45) is 0 Å². The van der Waals surface area contributed by atoms with Gasteiger partial charge in [-0.05, 0) is 26.0 Å². The summed E-state index contributed by atoms with van der Waals surface area (Å²) < 4.78 is 0. The standard InChI is InChI=1S/C14H21N3O2/c1-3-17(4-2)14(19)11-15-10-13(18)16-12-8-6-5-7-9-12/h5-9,15H,3-4,10-11H2,1-2H3,(H,16,18). The van der Waals surface area contributed by atoms with Gasteiger partial charge in [-0.25, -0.2) is 0 Å². The molecule has 0 spiro atoms. The highest BCUT2D eigenvalue weighted by Gasteiger charge is 2.09. The van der Waals surface area contributed by atoms with Crippen molar-refractivity contribution < 1.29 is 9.59 Å². The van der Waals surface area contributed by atoms with Crippen molar-refractivity contribution in [1.82, 2.24) is 10.2 Å². The van der Waals surface area contributed by atoms with Gasteiger partial charge < -0.3 is 10.2 Å². The lowest BCUT2D eigenvalue weighted by Crippen LogP contribution is -2.40. The van der Waals surface area contributed by atoms with Gasteiger partial charge in [0, 0.05) is 18.8 Å². The van der Waals surface area contributed by atoms with Crippen molar-refractivity contribution in [3.05, 3.63) is 30.3 Å². The minimum Gasteiger partial charge on any atom is -0.342 e. The van der Waals surface area contributed by atoms with Gasteiger partial charge >= 0.3 is 0 Å². The van der Waals surface area contributed by atoms with Crippen LogP contribution in [0, 0.1) is 0 Å². The smallest absolute Gasteiger partial charge is 0.238 e. The van der Waals surface area contributed by atoms with E-state index in [9.17, 15) is 9.59 Å². The summed E-state index contributed by atoms with van der Waals surface area (Å²) in [5, 5.41) is 5.60. The van der Waals surface area contributed by atoms with Crippen LogP contribution >= 0.6 is 0 Å². The first-order valence-corrected chi connectivity index (χ1v) is 6.50. The zero-order chi connectivity index (χ0) is 14.1. The molecule has 1 aromatic rings. The van der Waals surface area contributed by atoms with Gasteiger partial charge in [-0.15, -0.1) is 0 Å². The summed E-state index contributed by atoms with van der Waals surface area (Å²) in [6.07, 6.45) is 0. The Morgan fingerprint density at radius 3 is 2.26 bits per heavy atom. The number of likely N-dealkylation sites (N-methyl/N-ethyl adjacent to an activating group) is 1. The van der Waals surface area contributed by atoms with E-state index in [4.69, 9.17) is 0 Å². The molecular weight excluding hydrogens is 242 g/mol. The quantitative estimate of drug-likeness (QED) is 0.774. The number of carbonyl (C=O) groups excluding carboxylic acids is 2. The summed E-state index contributed by atoms with van der Waals surface area (Å²) >= 11 is 0. The third kappa shape index (κ3) is 5.52. The van der Waals surface area contributed by atoms with Gasteiger partial charge in [0.25, 0.3) is 0 Å². The second-order valence-electron chi connectivity index (χ2n) is 4.08. The van der Waals surface area contributed by atoms with Gasteiger partial charge in [-0.3, -0.25) is 14.9 Å². The van der Waals surface area contributed by atoms with Gasteiger partial charge in [0.2, 0.25) is 11.8 Å². The van der Waals surface area contributed by atoms with Gasteiger partial charge in [-0.2, -0.15) is 0 Å². The van der Waals surface area contributed by atoms with Crippen LogP contribution in [-0.2, 0) is 9.59 Å². The Balaban J connectivity index is 2.26. The number of anilines is 1. The van der Waals surface area contributed by atoms with Crippen LogP contribution in [0.4, 0.5) is 5.69 Å². The van der Waals surface area contributed by atoms with Crippen LogP contribution in [0.3, 0.4) is 0 Å². The van der Waals surface area contributed by atoms with Crippen LogP contribution in [0.15, 0.2) is 30.3 Å². The van der Waals surface area contributed by atoms with E-state index in [1.165, 1.54) is 0 Å². The molecule has 0 aliphatic heterocycles. The highest BCUT2D eigenvalue weighted by molar-refractivity contribution is 5.92. The molecule has 5 nitrogen and oxygen atoms in total. The molecule has 0 fully saturated rings. The molecule has 104 valence electrons. The molecule has 0 atom stereocenters. The number of nitrogens with one attached hydrogen (secondary N) is 2. The summed E-state index contributed by atoms with van der Waals surface area (Å²) in [7, 11) is 0. The van der Waals surface area contributed by atoms with Crippen LogP contribution in [0.1, 0.15) is 13.8 Å². The lowest BCUT2D eigenvalue weighted by molar-refractivity contribution is -0.129. The fourth-order valence-electron chi connectivity index (χ4n) is 1.70. The first-order valence-electron chi connectivity index (χ1n) is 6.50. The Morgan fingerprint density at radius 1 is 1.05 bits per heavy atom. The summed E-state index contributed by atoms with van der Waals surface area (Å²) in [6, 6.07) is 9.23. The van der Waals surface area contributed by atoms with Gasteiger partial charge in [0.05, 0.1) is 13.1 Å². The molecule has 2 amide bonds. The number of para-hydroxylation sites is 1. The SMILES string of the molecule is CCN(CC)C(=O)CNCC(=O)Nc1ccccc1. The molecule has 0 radical (unpaired) electrons. The van der Waals surface area contributed by atoms with Crippen molar-refractivity contribution in [3.8, 4) is 0 Å². The Bertz CT molecular complexity index is 402. The average molecular weight is 263 g/mol. The number of hydrogen-bond donors (Lipinski definition) is 2. The van der Waals surface area contributed by atoms with E-state index in [0.29, 0.717) is 13.1 Å². The molecular formula is C14H21N3O2. The van der Waals surface area contributed by atoms with E-state index in [0.717, 1.165) is 5.69 Å². The van der Waals surface area contributed by atoms with E-state index in [1.807, 2.05) is 44.2 Å². The maximum Gasteiger partial charge on any atom is 0.238 e. The summed E-state index contributed by atoms with van der Waals surface area (Å²) in [6.45, 7) is 5.55. The Labute approximate surface area is 114 Å². The van der Waals surface area contributed by atoms with E-state index in [2.05, 4.69) is 10.6 Å². The zero-order valence-electron chi connectivity index (χ0n) is 11.5. The molecule has 0 saturated heterocycles. The Morgan fingerprint density at radius 2 is 1.68 bits per heavy atom. The van der Waals surface area contributed by atoms with Crippen LogP contribution < -0.4 is 10.6 Å². The molecule has 0 saturated carbocycles. The molecule has 0 bridgehead atoms. The van der Waals surface area contributed by atoms with Crippen molar-refractivity contribution in [2.45, 2.75) is 13.8 Å². The number of rotatable bonds is 7. The number of amides is 2. The normalized spacial score (nSPS) is 10.0. The van der Waals surface area contributed by atoms with E-state index >= 15 is 0 Å². The molecule has 0 aliphatic rings. The number of hydrogen-bond acceptors (Lipinski definition) is 3. The number of benzene rings is 1. The number of carbonyl (C=O) groups is 2. The first-order chi connectivity index (χ1) is 9.17. The predicted octanol–water partition coefficient (Wildman–Crippen LogP) is 1.08. The molecule has 0 heterocycles. The molecule has 2 N–H and O–H groups in total. The lowest BCUT2D eigenvalue weighted by Gasteiger charge is -2.18. The maximum atomic E-state index is 11.7. The fourth-order valence-corrected chi connectivity index (χ4v) is 1.70. The monoisotopic (exact) mass is 263 g/mol. The molecule has 19 heavy (non-hydrogen) atoms. The van der Waals surface area contributed by atoms with Crippen LogP contribution in [-0.4, -0.2) is 42.9 Å². The Hall–Kier alpha value is -1.88. The average Bonchev–Trinajstić information content (AvgIpc) is 2.41. The van der Waals surface area contributed by atoms with Gasteiger partial charge in [-0.1, -0.05) is 18.2 Å². The van der Waals surface area contributed by atoms with Crippen molar-refractivity contribution in [2.75, 3.05) is 31.5 Å². The third-order valence-electron chi connectivity index (χ3n) is 2.74. The second-order valence-corrected chi connectivity index (χ2v) is 4.08. The molecule has 0 aromatic heterocycles. The van der Waals surface area contributed by atoms with Crippen molar-refractivity contribution in [3.63, 3.8) is 0 Å². The van der Waals surface area contributed by atoms with Gasteiger partial charge in [0.15, 0.2) is 0 Å². The van der Waals surface area contributed by atoms with E-state index in [1.54, 1.807) is 4.90 Å². The minimum absolute atomic E-state index is 0.0116. The lowest BCUT2D eigenvalue weighted by atomic mass is 10.3. The van der Waals surface area contributed by atoms with Gasteiger partial charge in [0.1, 0.15) is 0 Å². The van der Waals surface area contributed by atoms with E-state index in [-0.39, 0.29) is 24.9 Å². The zero-order valence-corrected chi connectivity index (χ0v) is 11.5. The first kappa shape index (κ1) is 15.2. The maximum absolute atomic E-state index is 11.7. The highest BCUT2D eigenvalue weighted by Crippen LogP contribution is 2.03. The van der Waals surface area contributed by atoms with Crippen molar-refractivity contribution in [1.29, 1.82) is 0 Å². The summed E-state index contributed by atoms with van der Waals surface area (Å²) in [5.41, 5.74) is 0.754.